The highest BCUT2D eigenvalue weighted by molar-refractivity contribution is 6.05. The molecule has 1 unspecified atom stereocenters. The fourth-order valence-corrected chi connectivity index (χ4v) is 2.32. The van der Waals surface area contributed by atoms with Crippen molar-refractivity contribution in [3.05, 3.63) is 0 Å². The molecule has 2 rings (SSSR count). The molecule has 4 amide bonds. The zero-order valence-electron chi connectivity index (χ0n) is 9.94. The first-order valence-electron chi connectivity index (χ1n) is 6.00. The molecule has 2 aliphatic rings. The summed E-state index contributed by atoms with van der Waals surface area (Å²) in [5.74, 6) is -0.456. The third kappa shape index (κ3) is 2.25. The van der Waals surface area contributed by atoms with Crippen molar-refractivity contribution in [2.45, 2.75) is 32.2 Å². The van der Waals surface area contributed by atoms with Gasteiger partial charge in [0, 0.05) is 13.1 Å². The molecule has 0 spiro atoms. The van der Waals surface area contributed by atoms with Gasteiger partial charge in [0.05, 0.1) is 6.54 Å². The minimum Gasteiger partial charge on any atom is -0.341 e. The second kappa shape index (κ2) is 4.73. The van der Waals surface area contributed by atoms with E-state index in [1.54, 1.807) is 11.8 Å². The van der Waals surface area contributed by atoms with Gasteiger partial charge in [0.25, 0.3) is 5.91 Å². The van der Waals surface area contributed by atoms with Crippen molar-refractivity contribution >= 4 is 17.8 Å². The minimum atomic E-state index is -0.692. The predicted molar refractivity (Wildman–Crippen MR) is 60.1 cm³/mol. The maximum absolute atomic E-state index is 12.1. The molecule has 2 aliphatic heterocycles. The number of amides is 4. The maximum atomic E-state index is 12.1. The van der Waals surface area contributed by atoms with Crippen molar-refractivity contribution in [3.8, 4) is 0 Å². The molecule has 0 aromatic rings. The van der Waals surface area contributed by atoms with Crippen molar-refractivity contribution in [3.63, 3.8) is 0 Å². The van der Waals surface area contributed by atoms with E-state index in [0.717, 1.165) is 37.3 Å². The van der Waals surface area contributed by atoms with E-state index in [2.05, 4.69) is 5.32 Å². The zero-order valence-corrected chi connectivity index (χ0v) is 9.94. The largest absolute Gasteiger partial charge is 0.341 e. The highest BCUT2D eigenvalue weighted by Crippen LogP contribution is 2.14. The first-order valence-corrected chi connectivity index (χ1v) is 6.00. The van der Waals surface area contributed by atoms with Crippen LogP contribution in [-0.4, -0.2) is 53.3 Å². The minimum absolute atomic E-state index is 0.00352. The van der Waals surface area contributed by atoms with Gasteiger partial charge in [-0.15, -0.1) is 0 Å². The maximum Gasteiger partial charge on any atom is 0.325 e. The van der Waals surface area contributed by atoms with Crippen molar-refractivity contribution in [2.75, 3.05) is 19.6 Å². The van der Waals surface area contributed by atoms with Crippen molar-refractivity contribution in [1.82, 2.24) is 15.1 Å². The molecule has 2 heterocycles. The molecule has 1 atom stereocenters. The quantitative estimate of drug-likeness (QED) is 0.686. The molecule has 2 saturated heterocycles. The number of urea groups is 1. The summed E-state index contributed by atoms with van der Waals surface area (Å²) < 4.78 is 0. The molecule has 0 radical (unpaired) electrons. The Morgan fingerprint density at radius 2 is 1.88 bits per heavy atom. The smallest absolute Gasteiger partial charge is 0.325 e. The molecule has 2 fully saturated rings. The number of piperidine rings is 1. The number of hydrogen-bond acceptors (Lipinski definition) is 3. The number of nitrogens with one attached hydrogen (secondary N) is 1. The number of likely N-dealkylation sites (tertiary alicyclic amines) is 1. The van der Waals surface area contributed by atoms with Crippen molar-refractivity contribution in [1.29, 1.82) is 0 Å². The summed E-state index contributed by atoms with van der Waals surface area (Å²) in [5, 5.41) is 2.42. The average Bonchev–Trinajstić information content (AvgIpc) is 2.68. The summed E-state index contributed by atoms with van der Waals surface area (Å²) in [6.45, 7) is 3.07. The third-order valence-corrected chi connectivity index (χ3v) is 3.29. The summed E-state index contributed by atoms with van der Waals surface area (Å²) in [5.41, 5.74) is 0. The molecule has 0 bridgehead atoms. The average molecular weight is 239 g/mol. The van der Waals surface area contributed by atoms with E-state index in [0.29, 0.717) is 0 Å². The molecule has 1 N–H and O–H groups in total. The van der Waals surface area contributed by atoms with E-state index >= 15 is 0 Å². The summed E-state index contributed by atoms with van der Waals surface area (Å²) in [7, 11) is 0. The van der Waals surface area contributed by atoms with Gasteiger partial charge in [-0.25, -0.2) is 4.79 Å². The predicted octanol–water partition coefficient (Wildman–Crippen LogP) is -0.0608. The Bertz CT molecular complexity index is 334. The summed E-state index contributed by atoms with van der Waals surface area (Å²) >= 11 is 0. The van der Waals surface area contributed by atoms with Crippen LogP contribution in [0.4, 0.5) is 4.79 Å². The number of rotatable bonds is 2. The SMILES string of the molecule is CC(C(=O)N1CCCCC1)N1C(=O)CNC1=O. The van der Waals surface area contributed by atoms with Gasteiger partial charge in [0.1, 0.15) is 6.04 Å². The molecular formula is C11H17N3O3. The van der Waals surface area contributed by atoms with Crippen LogP contribution in [0.5, 0.6) is 0 Å². The Balaban J connectivity index is 2.03. The normalized spacial score (nSPS) is 22.6. The Kier molecular flexibility index (Phi) is 3.31. The molecule has 94 valence electrons. The topological polar surface area (TPSA) is 69.7 Å². The zero-order chi connectivity index (χ0) is 12.4. The molecule has 6 heteroatoms. The number of imide groups is 1. The summed E-state index contributed by atoms with van der Waals surface area (Å²) in [6, 6.07) is -1.16. The van der Waals surface area contributed by atoms with Crippen molar-refractivity contribution in [2.24, 2.45) is 0 Å². The lowest BCUT2D eigenvalue weighted by atomic mass is 10.1. The molecule has 0 aromatic carbocycles. The number of carbonyl (C=O) groups excluding carboxylic acids is 3. The van der Waals surface area contributed by atoms with E-state index in [4.69, 9.17) is 0 Å². The highest BCUT2D eigenvalue weighted by atomic mass is 16.2. The van der Waals surface area contributed by atoms with Crippen LogP contribution in [0, 0.1) is 0 Å². The third-order valence-electron chi connectivity index (χ3n) is 3.29. The lowest BCUT2D eigenvalue weighted by Gasteiger charge is -2.31. The van der Waals surface area contributed by atoms with Crippen LogP contribution in [0.2, 0.25) is 0 Å². The van der Waals surface area contributed by atoms with Crippen LogP contribution >= 0.6 is 0 Å². The molecule has 6 nitrogen and oxygen atoms in total. The van der Waals surface area contributed by atoms with E-state index in [-0.39, 0.29) is 18.4 Å². The first-order chi connectivity index (χ1) is 8.11. The van der Waals surface area contributed by atoms with Gasteiger partial charge < -0.3 is 10.2 Å². The van der Waals surface area contributed by atoms with Crippen LogP contribution in [-0.2, 0) is 9.59 Å². The number of carbonyl (C=O) groups is 3. The van der Waals surface area contributed by atoms with Gasteiger partial charge in [0.15, 0.2) is 0 Å². The Hall–Kier alpha value is -1.59. The number of hydrogen-bond donors (Lipinski definition) is 1. The van der Waals surface area contributed by atoms with E-state index in [1.807, 2.05) is 0 Å². The van der Waals surface area contributed by atoms with Gasteiger partial charge >= 0.3 is 6.03 Å². The van der Waals surface area contributed by atoms with Gasteiger partial charge in [0.2, 0.25) is 5.91 Å². The van der Waals surface area contributed by atoms with Gasteiger partial charge in [-0.2, -0.15) is 0 Å². The fraction of sp³-hybridized carbons (Fsp3) is 0.727. The molecule has 0 aromatic heterocycles. The van der Waals surface area contributed by atoms with Crippen molar-refractivity contribution < 1.29 is 14.4 Å². The fourth-order valence-electron chi connectivity index (χ4n) is 2.32. The Morgan fingerprint density at radius 3 is 2.41 bits per heavy atom. The highest BCUT2D eigenvalue weighted by Gasteiger charge is 2.37. The summed E-state index contributed by atoms with van der Waals surface area (Å²) in [6.07, 6.45) is 3.14. The van der Waals surface area contributed by atoms with E-state index < -0.39 is 12.1 Å². The second-order valence-corrected chi connectivity index (χ2v) is 4.48. The lowest BCUT2D eigenvalue weighted by Crippen LogP contribution is -2.50. The molecule has 0 aliphatic carbocycles. The van der Waals surface area contributed by atoms with Crippen LogP contribution in [0.25, 0.3) is 0 Å². The first kappa shape index (κ1) is 11.9. The molecular weight excluding hydrogens is 222 g/mol. The van der Waals surface area contributed by atoms with Crippen LogP contribution in [0.1, 0.15) is 26.2 Å². The lowest BCUT2D eigenvalue weighted by molar-refractivity contribution is -0.141. The van der Waals surface area contributed by atoms with E-state index in [9.17, 15) is 14.4 Å². The second-order valence-electron chi connectivity index (χ2n) is 4.48. The standard InChI is InChI=1S/C11H17N3O3/c1-8(14-9(15)7-12-11(14)17)10(16)13-5-3-2-4-6-13/h8H,2-7H2,1H3,(H,12,17). The van der Waals surface area contributed by atoms with Crippen LogP contribution in [0.3, 0.4) is 0 Å². The van der Waals surface area contributed by atoms with Crippen LogP contribution < -0.4 is 5.32 Å². The van der Waals surface area contributed by atoms with Crippen LogP contribution in [0.15, 0.2) is 0 Å². The van der Waals surface area contributed by atoms with Gasteiger partial charge in [-0.1, -0.05) is 0 Å². The van der Waals surface area contributed by atoms with Gasteiger partial charge in [-0.3, -0.25) is 14.5 Å². The molecule has 17 heavy (non-hydrogen) atoms. The number of nitrogens with zero attached hydrogens (tertiary/aromatic N) is 2. The van der Waals surface area contributed by atoms with E-state index in [1.165, 1.54) is 0 Å². The Labute approximate surface area is 99.9 Å². The molecule has 0 saturated carbocycles. The van der Waals surface area contributed by atoms with Gasteiger partial charge in [-0.05, 0) is 26.2 Å². The Morgan fingerprint density at radius 1 is 1.24 bits per heavy atom. The monoisotopic (exact) mass is 239 g/mol. The summed E-state index contributed by atoms with van der Waals surface area (Å²) in [4.78, 5) is 37.8.